The zero-order valence-corrected chi connectivity index (χ0v) is 8.59. The van der Waals surface area contributed by atoms with E-state index in [0.717, 1.165) is 12.8 Å². The maximum atomic E-state index is 11.3. The summed E-state index contributed by atoms with van der Waals surface area (Å²) >= 11 is 0. The van der Waals surface area contributed by atoms with Crippen molar-refractivity contribution in [1.29, 1.82) is 0 Å². The SMILES string of the molecule is COC(=O)c1nc(C2(C)CC2)oc1C. The van der Waals surface area contributed by atoms with Crippen LogP contribution in [0.3, 0.4) is 0 Å². The lowest BCUT2D eigenvalue weighted by atomic mass is 10.1. The molecule has 0 radical (unpaired) electrons. The Hall–Kier alpha value is -1.32. The Kier molecular flexibility index (Phi) is 1.87. The zero-order chi connectivity index (χ0) is 10.3. The molecule has 14 heavy (non-hydrogen) atoms. The lowest BCUT2D eigenvalue weighted by Gasteiger charge is -1.98. The number of carbonyl (C=O) groups is 1. The highest BCUT2D eigenvalue weighted by atomic mass is 16.5. The summed E-state index contributed by atoms with van der Waals surface area (Å²) in [6.45, 7) is 3.81. The predicted octanol–water partition coefficient (Wildman–Crippen LogP) is 1.82. The van der Waals surface area contributed by atoms with E-state index in [1.165, 1.54) is 7.11 Å². The molecule has 1 aromatic heterocycles. The standard InChI is InChI=1S/C10H13NO3/c1-6-7(8(12)13-3)11-9(14-6)10(2)4-5-10/h4-5H2,1-3H3. The number of methoxy groups -OCH3 is 1. The molecular formula is C10H13NO3. The number of esters is 1. The molecule has 4 nitrogen and oxygen atoms in total. The highest BCUT2D eigenvalue weighted by molar-refractivity contribution is 5.88. The molecule has 0 bridgehead atoms. The second-order valence-corrected chi connectivity index (χ2v) is 3.98. The summed E-state index contributed by atoms with van der Waals surface area (Å²) in [6, 6.07) is 0. The maximum Gasteiger partial charge on any atom is 0.360 e. The smallest absolute Gasteiger partial charge is 0.360 e. The fraction of sp³-hybridized carbons (Fsp3) is 0.600. The average Bonchev–Trinajstić information content (AvgIpc) is 2.78. The van der Waals surface area contributed by atoms with Crippen LogP contribution in [-0.4, -0.2) is 18.1 Å². The van der Waals surface area contributed by atoms with E-state index in [1.807, 2.05) is 0 Å². The van der Waals surface area contributed by atoms with Gasteiger partial charge in [-0.1, -0.05) is 6.92 Å². The van der Waals surface area contributed by atoms with E-state index >= 15 is 0 Å². The van der Waals surface area contributed by atoms with Gasteiger partial charge in [-0.15, -0.1) is 0 Å². The molecule has 1 aliphatic carbocycles. The number of hydrogen-bond acceptors (Lipinski definition) is 4. The van der Waals surface area contributed by atoms with Gasteiger partial charge in [0.05, 0.1) is 7.11 Å². The van der Waals surface area contributed by atoms with Crippen molar-refractivity contribution in [2.45, 2.75) is 32.1 Å². The Bertz CT molecular complexity index is 377. The summed E-state index contributed by atoms with van der Waals surface area (Å²) in [7, 11) is 1.34. The molecule has 0 aliphatic heterocycles. The number of aryl methyl sites for hydroxylation is 1. The third kappa shape index (κ3) is 1.31. The zero-order valence-electron chi connectivity index (χ0n) is 8.59. The third-order valence-corrected chi connectivity index (χ3v) is 2.69. The van der Waals surface area contributed by atoms with Crippen molar-refractivity contribution in [3.8, 4) is 0 Å². The highest BCUT2D eigenvalue weighted by Gasteiger charge is 2.44. The van der Waals surface area contributed by atoms with Crippen LogP contribution in [0.5, 0.6) is 0 Å². The fourth-order valence-corrected chi connectivity index (χ4v) is 1.34. The third-order valence-electron chi connectivity index (χ3n) is 2.69. The van der Waals surface area contributed by atoms with Crippen molar-refractivity contribution < 1.29 is 13.9 Å². The first-order chi connectivity index (χ1) is 6.57. The van der Waals surface area contributed by atoms with Gasteiger partial charge >= 0.3 is 5.97 Å². The molecule has 1 fully saturated rings. The molecule has 0 spiro atoms. The van der Waals surface area contributed by atoms with Gasteiger partial charge in [0.2, 0.25) is 5.89 Å². The minimum absolute atomic E-state index is 0.0526. The van der Waals surface area contributed by atoms with Gasteiger partial charge in [0.15, 0.2) is 5.69 Å². The van der Waals surface area contributed by atoms with Crippen LogP contribution >= 0.6 is 0 Å². The van der Waals surface area contributed by atoms with E-state index < -0.39 is 5.97 Å². The lowest BCUT2D eigenvalue weighted by Crippen LogP contribution is -2.05. The van der Waals surface area contributed by atoms with Gasteiger partial charge in [-0.3, -0.25) is 0 Å². The number of carbonyl (C=O) groups excluding carboxylic acids is 1. The highest BCUT2D eigenvalue weighted by Crippen LogP contribution is 2.47. The summed E-state index contributed by atoms with van der Waals surface area (Å²) in [5.41, 5.74) is 0.354. The number of ether oxygens (including phenoxy) is 1. The van der Waals surface area contributed by atoms with Crippen molar-refractivity contribution in [3.05, 3.63) is 17.3 Å². The number of aromatic nitrogens is 1. The van der Waals surface area contributed by atoms with Gasteiger partial charge in [-0.25, -0.2) is 9.78 Å². The molecule has 0 amide bonds. The molecule has 0 N–H and O–H groups in total. The second kappa shape index (κ2) is 2.83. The summed E-state index contributed by atoms with van der Waals surface area (Å²) in [6.07, 6.45) is 2.15. The average molecular weight is 195 g/mol. The van der Waals surface area contributed by atoms with Crippen LogP contribution < -0.4 is 0 Å². The van der Waals surface area contributed by atoms with E-state index in [0.29, 0.717) is 17.3 Å². The van der Waals surface area contributed by atoms with E-state index in [9.17, 15) is 4.79 Å². The molecule has 0 saturated heterocycles. The molecule has 4 heteroatoms. The van der Waals surface area contributed by atoms with Crippen LogP contribution in [0.2, 0.25) is 0 Å². The molecule has 1 saturated carbocycles. The van der Waals surface area contributed by atoms with Gasteiger partial charge in [0.1, 0.15) is 5.76 Å². The Labute approximate surface area is 82.3 Å². The van der Waals surface area contributed by atoms with Crippen LogP contribution in [0.1, 0.15) is 41.9 Å². The summed E-state index contributed by atoms with van der Waals surface area (Å²) in [5, 5.41) is 0. The second-order valence-electron chi connectivity index (χ2n) is 3.98. The first-order valence-corrected chi connectivity index (χ1v) is 4.63. The summed E-state index contributed by atoms with van der Waals surface area (Å²) in [4.78, 5) is 15.4. The Morgan fingerprint density at radius 3 is 2.71 bits per heavy atom. The fourth-order valence-electron chi connectivity index (χ4n) is 1.34. The van der Waals surface area contributed by atoms with E-state index in [-0.39, 0.29) is 5.41 Å². The van der Waals surface area contributed by atoms with Gasteiger partial charge < -0.3 is 9.15 Å². The number of rotatable bonds is 2. The molecular weight excluding hydrogens is 182 g/mol. The quantitative estimate of drug-likeness (QED) is 0.675. The molecule has 1 heterocycles. The minimum atomic E-state index is -0.429. The molecule has 2 rings (SSSR count). The number of nitrogens with zero attached hydrogens (tertiary/aromatic N) is 1. The van der Waals surface area contributed by atoms with Crippen LogP contribution in [0.15, 0.2) is 4.42 Å². The largest absolute Gasteiger partial charge is 0.464 e. The first-order valence-electron chi connectivity index (χ1n) is 4.63. The van der Waals surface area contributed by atoms with Gasteiger partial charge in [-0.05, 0) is 19.8 Å². The number of hydrogen-bond donors (Lipinski definition) is 0. The Morgan fingerprint density at radius 1 is 1.57 bits per heavy atom. The van der Waals surface area contributed by atoms with Crippen molar-refractivity contribution in [2.24, 2.45) is 0 Å². The normalized spacial score (nSPS) is 17.9. The summed E-state index contributed by atoms with van der Waals surface area (Å²) < 4.78 is 10.1. The lowest BCUT2D eigenvalue weighted by molar-refractivity contribution is 0.0593. The van der Waals surface area contributed by atoms with E-state index in [2.05, 4.69) is 16.6 Å². The van der Waals surface area contributed by atoms with E-state index in [4.69, 9.17) is 4.42 Å². The first kappa shape index (κ1) is 9.24. The van der Waals surface area contributed by atoms with Crippen molar-refractivity contribution in [1.82, 2.24) is 4.98 Å². The Morgan fingerprint density at radius 2 is 2.21 bits per heavy atom. The Balaban J connectivity index is 2.34. The summed E-state index contributed by atoms with van der Waals surface area (Å²) in [5.74, 6) is 0.775. The van der Waals surface area contributed by atoms with Crippen LogP contribution in [0.25, 0.3) is 0 Å². The number of oxazole rings is 1. The predicted molar refractivity (Wildman–Crippen MR) is 49.2 cm³/mol. The molecule has 1 aliphatic rings. The van der Waals surface area contributed by atoms with Gasteiger partial charge in [0.25, 0.3) is 0 Å². The molecule has 76 valence electrons. The monoisotopic (exact) mass is 195 g/mol. The topological polar surface area (TPSA) is 52.3 Å². The van der Waals surface area contributed by atoms with E-state index in [1.54, 1.807) is 6.92 Å². The molecule has 0 unspecified atom stereocenters. The minimum Gasteiger partial charge on any atom is -0.464 e. The van der Waals surface area contributed by atoms with Crippen LogP contribution in [0.4, 0.5) is 0 Å². The maximum absolute atomic E-state index is 11.3. The van der Waals surface area contributed by atoms with Crippen molar-refractivity contribution >= 4 is 5.97 Å². The molecule has 0 aromatic carbocycles. The van der Waals surface area contributed by atoms with Crippen LogP contribution in [0, 0.1) is 6.92 Å². The van der Waals surface area contributed by atoms with Crippen molar-refractivity contribution in [3.63, 3.8) is 0 Å². The van der Waals surface area contributed by atoms with Crippen LogP contribution in [-0.2, 0) is 10.2 Å². The molecule has 0 atom stereocenters. The van der Waals surface area contributed by atoms with Crippen molar-refractivity contribution in [2.75, 3.05) is 7.11 Å². The van der Waals surface area contributed by atoms with Gasteiger partial charge in [-0.2, -0.15) is 0 Å². The molecule has 1 aromatic rings. The van der Waals surface area contributed by atoms with Gasteiger partial charge in [0, 0.05) is 5.41 Å².